The zero-order valence-electron chi connectivity index (χ0n) is 17.6. The van der Waals surface area contributed by atoms with E-state index in [4.69, 9.17) is 30.0 Å². The lowest BCUT2D eigenvalue weighted by Crippen LogP contribution is -2.39. The fraction of sp³-hybridized carbons (Fsp3) is 1.00. The van der Waals surface area contributed by atoms with Crippen LogP contribution < -0.4 is 0 Å². The van der Waals surface area contributed by atoms with Crippen molar-refractivity contribution in [3.8, 4) is 0 Å². The van der Waals surface area contributed by atoms with Gasteiger partial charge in [-0.3, -0.25) is 0 Å². The molecule has 15 heteroatoms. The van der Waals surface area contributed by atoms with Crippen LogP contribution in [0.25, 0.3) is 0 Å². The number of hydrogen-bond acceptors (Lipinski definition) is 12. The highest BCUT2D eigenvalue weighted by Gasteiger charge is 2.57. The van der Waals surface area contributed by atoms with E-state index in [1.165, 1.54) is 0 Å². The van der Waals surface area contributed by atoms with Gasteiger partial charge in [-0.15, -0.1) is 0 Å². The zero-order valence-corrected chi connectivity index (χ0v) is 20.2. The van der Waals surface area contributed by atoms with Crippen molar-refractivity contribution in [1.29, 1.82) is 0 Å². The number of hydrogen-bond donors (Lipinski definition) is 3. The lowest BCUT2D eigenvalue weighted by molar-refractivity contribution is -0.321. The van der Waals surface area contributed by atoms with Crippen molar-refractivity contribution in [3.63, 3.8) is 0 Å². The second-order valence-corrected chi connectivity index (χ2v) is 12.1. The standard InChI is InChI=1S/C16H27O12P3/c1-4-12(29(20)26-17)8-14(31(22)28-19)9-13(30(21)27-18)6-5-7-16-23-10(2)15(25-16)11(3)24-16/h10-15H,4-9H2,1-3H3/p+3. The van der Waals surface area contributed by atoms with Crippen molar-refractivity contribution < 1.29 is 57.7 Å². The van der Waals surface area contributed by atoms with E-state index in [-0.39, 0.29) is 37.6 Å². The summed E-state index contributed by atoms with van der Waals surface area (Å²) in [6.45, 7) is 5.49. The second-order valence-electron chi connectivity index (χ2n) is 7.75. The summed E-state index contributed by atoms with van der Waals surface area (Å²) in [6.07, 6.45) is 0.956. The van der Waals surface area contributed by atoms with Crippen LogP contribution in [0.15, 0.2) is 0 Å². The molecule has 31 heavy (non-hydrogen) atoms. The molecule has 3 N–H and O–H groups in total. The molecule has 0 spiro atoms. The van der Waals surface area contributed by atoms with E-state index < -0.39 is 47.0 Å². The number of rotatable bonds is 15. The van der Waals surface area contributed by atoms with Gasteiger partial charge in [-0.1, -0.05) is 6.92 Å². The second kappa shape index (κ2) is 12.4. The van der Waals surface area contributed by atoms with Gasteiger partial charge < -0.3 is 14.2 Å². The van der Waals surface area contributed by atoms with E-state index in [1.54, 1.807) is 6.92 Å². The first-order chi connectivity index (χ1) is 14.7. The van der Waals surface area contributed by atoms with Crippen LogP contribution in [-0.2, 0) is 41.9 Å². The van der Waals surface area contributed by atoms with E-state index in [9.17, 15) is 13.7 Å². The van der Waals surface area contributed by atoms with Crippen LogP contribution in [0.1, 0.15) is 59.3 Å². The fourth-order valence-corrected chi connectivity index (χ4v) is 7.23. The summed E-state index contributed by atoms with van der Waals surface area (Å²) in [5.74, 6) is -1.16. The summed E-state index contributed by atoms with van der Waals surface area (Å²) in [5.41, 5.74) is -2.30. The molecule has 8 atom stereocenters. The van der Waals surface area contributed by atoms with E-state index in [0.717, 1.165) is 0 Å². The minimum atomic E-state index is -2.61. The average molecular weight is 507 g/mol. The van der Waals surface area contributed by atoms with Crippen molar-refractivity contribution in [2.24, 2.45) is 0 Å². The van der Waals surface area contributed by atoms with Crippen LogP contribution in [-0.4, -0.2) is 57.0 Å². The highest BCUT2D eigenvalue weighted by molar-refractivity contribution is 7.41. The Morgan fingerprint density at radius 1 is 0.839 bits per heavy atom. The molecule has 2 heterocycles. The molecule has 0 aliphatic carbocycles. The SMILES string of the molecule is CCC(CC(CC(CCCC12OC(C)C(O1)C(C)O2)[P+](=O)OO)[P+](=O)OO)[P+](=O)OO. The van der Waals surface area contributed by atoms with E-state index >= 15 is 0 Å². The highest BCUT2D eigenvalue weighted by atomic mass is 31.1. The summed E-state index contributed by atoms with van der Waals surface area (Å²) in [5, 5.41) is 26.5. The van der Waals surface area contributed by atoms with Crippen LogP contribution in [0.4, 0.5) is 0 Å². The smallest absolute Gasteiger partial charge is 0.322 e. The van der Waals surface area contributed by atoms with Crippen LogP contribution in [0, 0.1) is 0 Å². The van der Waals surface area contributed by atoms with Gasteiger partial charge in [0.05, 0.1) is 12.2 Å². The van der Waals surface area contributed by atoms with Gasteiger partial charge in [0.1, 0.15) is 6.10 Å². The van der Waals surface area contributed by atoms with E-state index in [2.05, 4.69) is 14.0 Å². The van der Waals surface area contributed by atoms with Gasteiger partial charge in [-0.05, 0) is 46.8 Å². The molecular formula is C16H30O12P3+3. The molecule has 12 nitrogen and oxygen atoms in total. The first-order valence-corrected chi connectivity index (χ1v) is 13.8. The predicted octanol–water partition coefficient (Wildman–Crippen LogP) is 5.03. The quantitative estimate of drug-likeness (QED) is 0.154. The fourth-order valence-electron chi connectivity index (χ4n) is 4.10. The van der Waals surface area contributed by atoms with Crippen molar-refractivity contribution in [1.82, 2.24) is 0 Å². The maximum Gasteiger partial charge on any atom is 0.542 e. The molecular weight excluding hydrogens is 477 g/mol. The lowest BCUT2D eigenvalue weighted by Gasteiger charge is -2.28. The minimum absolute atomic E-state index is 0.00308. The van der Waals surface area contributed by atoms with Gasteiger partial charge in [0, 0.05) is 33.3 Å². The summed E-state index contributed by atoms with van der Waals surface area (Å²) in [4.78, 5) is 0. The summed E-state index contributed by atoms with van der Waals surface area (Å²) >= 11 is 0. The molecule has 2 rings (SSSR count). The van der Waals surface area contributed by atoms with Gasteiger partial charge in [0.2, 0.25) is 0 Å². The van der Waals surface area contributed by atoms with Crippen molar-refractivity contribution in [2.45, 2.75) is 101 Å². The molecule has 2 aliphatic rings. The third-order valence-corrected chi connectivity index (χ3v) is 9.43. The minimum Gasteiger partial charge on any atom is -0.322 e. The molecule has 0 aromatic rings. The predicted molar refractivity (Wildman–Crippen MR) is 107 cm³/mol. The Bertz CT molecular complexity index is 637. The number of fused-ring (bicyclic) bond motifs is 2. The Hall–Kier alpha value is -0.0600. The lowest BCUT2D eigenvalue weighted by atomic mass is 10.1. The molecule has 8 unspecified atom stereocenters. The Morgan fingerprint density at radius 3 is 1.81 bits per heavy atom. The largest absolute Gasteiger partial charge is 0.542 e. The zero-order chi connectivity index (χ0) is 23.2. The Kier molecular flexibility index (Phi) is 10.9. The van der Waals surface area contributed by atoms with Crippen molar-refractivity contribution in [3.05, 3.63) is 0 Å². The van der Waals surface area contributed by atoms with Crippen LogP contribution in [0.3, 0.4) is 0 Å². The van der Waals surface area contributed by atoms with Crippen LogP contribution >= 0.6 is 24.1 Å². The van der Waals surface area contributed by atoms with Crippen LogP contribution in [0.2, 0.25) is 0 Å². The number of ether oxygens (including phenoxy) is 3. The van der Waals surface area contributed by atoms with E-state index in [1.807, 2.05) is 13.8 Å². The summed E-state index contributed by atoms with van der Waals surface area (Å²) < 4.78 is 65.6. The third-order valence-electron chi connectivity index (χ3n) is 5.69. The van der Waals surface area contributed by atoms with Gasteiger partial charge in [-0.25, -0.2) is 15.8 Å². The normalized spacial score (nSPS) is 31.9. The first-order valence-electron chi connectivity index (χ1n) is 10.1. The molecule has 2 saturated heterocycles. The van der Waals surface area contributed by atoms with E-state index in [0.29, 0.717) is 19.3 Å². The van der Waals surface area contributed by atoms with Gasteiger partial charge in [-0.2, -0.15) is 0 Å². The Labute approximate surface area is 182 Å². The van der Waals surface area contributed by atoms with Crippen LogP contribution in [0.5, 0.6) is 0 Å². The molecule has 0 radical (unpaired) electrons. The molecule has 2 fully saturated rings. The molecule has 0 aromatic heterocycles. The molecule has 0 amide bonds. The molecule has 0 aromatic carbocycles. The topological polar surface area (TPSA) is 167 Å². The van der Waals surface area contributed by atoms with Crippen molar-refractivity contribution >= 4 is 24.1 Å². The van der Waals surface area contributed by atoms with Gasteiger partial charge in [0.15, 0.2) is 17.0 Å². The molecule has 2 bridgehead atoms. The third kappa shape index (κ3) is 6.96. The highest BCUT2D eigenvalue weighted by Crippen LogP contribution is 2.47. The summed E-state index contributed by atoms with van der Waals surface area (Å²) in [7, 11) is -7.60. The molecule has 178 valence electrons. The monoisotopic (exact) mass is 507 g/mol. The maximum atomic E-state index is 12.3. The molecule has 2 aliphatic heterocycles. The first kappa shape index (κ1) is 27.2. The van der Waals surface area contributed by atoms with Gasteiger partial charge in [0.25, 0.3) is 5.97 Å². The Morgan fingerprint density at radius 2 is 1.32 bits per heavy atom. The maximum absolute atomic E-state index is 12.3. The van der Waals surface area contributed by atoms with Gasteiger partial charge >= 0.3 is 24.1 Å². The van der Waals surface area contributed by atoms with Crippen molar-refractivity contribution in [2.75, 3.05) is 0 Å². The average Bonchev–Trinajstić information content (AvgIpc) is 3.26. The Balaban J connectivity index is 2.01. The molecule has 0 saturated carbocycles. The summed E-state index contributed by atoms with van der Waals surface area (Å²) in [6, 6.07) is 0.